The van der Waals surface area contributed by atoms with Crippen LogP contribution in [0.4, 0.5) is 4.79 Å². The Labute approximate surface area is 414 Å². The molecule has 3 aliphatic rings. The Balaban J connectivity index is 1.05. The predicted molar refractivity (Wildman–Crippen MR) is 259 cm³/mol. The average Bonchev–Trinajstić information content (AvgIpc) is 4.00. The van der Waals surface area contributed by atoms with Crippen molar-refractivity contribution >= 4 is 35.9 Å². The maximum Gasteiger partial charge on any atom is 0.410 e. The summed E-state index contributed by atoms with van der Waals surface area (Å²) in [5.74, 6) is -4.46. The van der Waals surface area contributed by atoms with Gasteiger partial charge in [0.1, 0.15) is 32.0 Å². The highest BCUT2D eigenvalue weighted by Crippen LogP contribution is 2.45. The minimum atomic E-state index is -1.71. The third-order valence-electron chi connectivity index (χ3n) is 12.5. The number of ether oxygens (including phenoxy) is 8. The van der Waals surface area contributed by atoms with Gasteiger partial charge in [-0.1, -0.05) is 134 Å². The molecule has 1 aliphatic carbocycles. The smallest absolute Gasteiger partial charge is 0.410 e. The predicted octanol–water partition coefficient (Wildman–Crippen LogP) is 8.38. The van der Waals surface area contributed by atoms with Gasteiger partial charge in [-0.2, -0.15) is 0 Å². The number of hydrogen-bond donors (Lipinski definition) is 0. The molecule has 15 heteroatoms. The summed E-state index contributed by atoms with van der Waals surface area (Å²) in [6, 6.07) is 46.6. The molecule has 0 saturated carbocycles. The molecule has 9 rings (SSSR count). The Kier molecular flexibility index (Phi) is 15.2. The van der Waals surface area contributed by atoms with Gasteiger partial charge in [0.25, 0.3) is 0 Å². The third-order valence-corrected chi connectivity index (χ3v) is 12.5. The number of amides is 1. The molecule has 0 aromatic heterocycles. The second-order valence-electron chi connectivity index (χ2n) is 17.1. The van der Waals surface area contributed by atoms with Gasteiger partial charge in [0.2, 0.25) is 0 Å². The van der Waals surface area contributed by atoms with E-state index < -0.39 is 85.4 Å². The first-order valence-electron chi connectivity index (χ1n) is 23.4. The number of fused-ring (bicyclic) bond motifs is 3. The molecule has 0 bridgehead atoms. The number of likely N-dealkylation sites (tertiary alicyclic amines) is 1. The molecule has 6 aromatic carbocycles. The lowest BCUT2D eigenvalue weighted by Gasteiger charge is -2.44. The Morgan fingerprint density at radius 3 is 1.50 bits per heavy atom. The van der Waals surface area contributed by atoms with Crippen LogP contribution < -0.4 is 0 Å². The molecule has 2 saturated heterocycles. The molecule has 0 N–H and O–H groups in total. The summed E-state index contributed by atoms with van der Waals surface area (Å²) in [5.41, 5.74) is 4.57. The minimum Gasteiger partial charge on any atom is -0.460 e. The van der Waals surface area contributed by atoms with Crippen molar-refractivity contribution in [1.82, 2.24) is 4.90 Å². The van der Waals surface area contributed by atoms with Crippen molar-refractivity contribution in [2.24, 2.45) is 0 Å². The van der Waals surface area contributed by atoms with E-state index in [0.29, 0.717) is 0 Å². The van der Waals surface area contributed by atoms with Gasteiger partial charge in [-0.3, -0.25) is 4.90 Å². The van der Waals surface area contributed by atoms with Crippen LogP contribution in [-0.4, -0.2) is 110 Å². The Hall–Kier alpha value is -8.40. The summed E-state index contributed by atoms with van der Waals surface area (Å²) in [7, 11) is 0. The lowest BCUT2D eigenvalue weighted by atomic mass is 9.97. The van der Waals surface area contributed by atoms with E-state index in [4.69, 9.17) is 37.9 Å². The van der Waals surface area contributed by atoms with Crippen LogP contribution in [0.15, 0.2) is 183 Å². The molecule has 7 atom stereocenters. The summed E-state index contributed by atoms with van der Waals surface area (Å²) < 4.78 is 49.1. The van der Waals surface area contributed by atoms with E-state index in [1.165, 1.54) is 47.4 Å². The second kappa shape index (κ2) is 22.6. The van der Waals surface area contributed by atoms with Crippen LogP contribution >= 0.6 is 0 Å². The molecule has 366 valence electrons. The van der Waals surface area contributed by atoms with Gasteiger partial charge in [-0.25, -0.2) is 28.8 Å². The fraction of sp³-hybridized carbons (Fsp3) is 0.228. The van der Waals surface area contributed by atoms with Gasteiger partial charge >= 0.3 is 35.9 Å². The Morgan fingerprint density at radius 1 is 0.528 bits per heavy atom. The van der Waals surface area contributed by atoms with Crippen molar-refractivity contribution in [1.29, 1.82) is 0 Å². The van der Waals surface area contributed by atoms with Gasteiger partial charge < -0.3 is 37.9 Å². The van der Waals surface area contributed by atoms with E-state index in [9.17, 15) is 28.8 Å². The molecule has 1 amide bonds. The largest absolute Gasteiger partial charge is 0.460 e. The highest BCUT2D eigenvalue weighted by molar-refractivity contribution is 5.92. The van der Waals surface area contributed by atoms with Crippen molar-refractivity contribution in [3.63, 3.8) is 0 Å². The number of nitrogens with zero attached hydrogens (tertiary/aromatic N) is 1. The fourth-order valence-corrected chi connectivity index (χ4v) is 9.06. The lowest BCUT2D eigenvalue weighted by Crippen LogP contribution is -2.63. The monoisotopic (exact) mass is 971 g/mol. The van der Waals surface area contributed by atoms with Crippen molar-refractivity contribution in [2.45, 2.75) is 55.2 Å². The van der Waals surface area contributed by atoms with E-state index in [0.717, 1.165) is 22.3 Å². The van der Waals surface area contributed by atoms with Crippen molar-refractivity contribution in [3.05, 3.63) is 216 Å². The molecule has 72 heavy (non-hydrogen) atoms. The molecule has 2 heterocycles. The molecule has 6 aromatic rings. The van der Waals surface area contributed by atoms with Gasteiger partial charge in [0.15, 0.2) is 24.6 Å². The molecule has 2 fully saturated rings. The zero-order chi connectivity index (χ0) is 50.0. The quantitative estimate of drug-likeness (QED) is 0.0513. The SMILES string of the molecule is C=CCOC(=O)[C@@H]1C[C@@H](O[C@H]2O[C@H](COC(=O)c3ccccc3)[C@@H](OC(=O)c3ccccc3)[C@H](OC(=O)c3ccccc3)[C@@H]2OC(=O)c2ccccc2)CN1C(=O)OCC1c2ccccc2-c2ccccc21. The average molecular weight is 972 g/mol. The third kappa shape index (κ3) is 11.0. The zero-order valence-electron chi connectivity index (χ0n) is 38.8. The van der Waals surface area contributed by atoms with Crippen LogP contribution in [0.3, 0.4) is 0 Å². The summed E-state index contributed by atoms with van der Waals surface area (Å²) in [6.45, 7) is 2.60. The maximum absolute atomic E-state index is 14.3. The highest BCUT2D eigenvalue weighted by atomic mass is 16.7. The summed E-state index contributed by atoms with van der Waals surface area (Å²) in [4.78, 5) is 85.0. The van der Waals surface area contributed by atoms with Crippen LogP contribution in [0.5, 0.6) is 0 Å². The Bertz CT molecular complexity index is 2850. The second-order valence-corrected chi connectivity index (χ2v) is 17.1. The summed E-state index contributed by atoms with van der Waals surface area (Å²) in [5, 5.41) is 0. The van der Waals surface area contributed by atoms with E-state index in [2.05, 4.69) is 6.58 Å². The van der Waals surface area contributed by atoms with Gasteiger partial charge in [0, 0.05) is 12.3 Å². The molecule has 2 aliphatic heterocycles. The van der Waals surface area contributed by atoms with Crippen molar-refractivity contribution in [2.75, 3.05) is 26.4 Å². The van der Waals surface area contributed by atoms with E-state index >= 15 is 0 Å². The highest BCUT2D eigenvalue weighted by Gasteiger charge is 2.55. The van der Waals surface area contributed by atoms with E-state index in [1.54, 1.807) is 84.9 Å². The van der Waals surface area contributed by atoms with E-state index in [-0.39, 0.29) is 54.4 Å². The van der Waals surface area contributed by atoms with Crippen LogP contribution in [0, 0.1) is 0 Å². The molecule has 0 spiro atoms. The Morgan fingerprint density at radius 2 is 0.986 bits per heavy atom. The van der Waals surface area contributed by atoms with Crippen molar-refractivity contribution < 1.29 is 66.7 Å². The number of hydrogen-bond acceptors (Lipinski definition) is 14. The van der Waals surface area contributed by atoms with Crippen LogP contribution in [0.1, 0.15) is 64.9 Å². The molecular formula is C57H49NO14. The molecule has 0 unspecified atom stereocenters. The molecule has 0 radical (unpaired) electrons. The van der Waals surface area contributed by atoms with Gasteiger partial charge in [-0.05, 0) is 70.8 Å². The standard InChI is InChI=1S/C57H49NO14/c1-2-31-65-55(63)46-32-40(33-58(46)57(64)67-34-45-43-29-17-15-27-41(43)42-28-16-18-30-44(42)45)68-56-50(72-54(62)39-25-13-6-14-26-39)49(71-53(61)38-23-11-5-12-24-38)48(70-52(60)37-21-9-4-10-22-37)47(69-56)35-66-51(59)36-19-7-3-8-20-36/h2-30,40,45-50,56H,1,31-35H2/t40-,46+,47-,48-,49+,50+,56+/m1/s1. The molecular weight excluding hydrogens is 923 g/mol. The minimum absolute atomic E-state index is 0.0481. The fourth-order valence-electron chi connectivity index (χ4n) is 9.06. The van der Waals surface area contributed by atoms with Crippen LogP contribution in [0.25, 0.3) is 11.1 Å². The summed E-state index contributed by atoms with van der Waals surface area (Å²) in [6.07, 6.45) is -8.84. The van der Waals surface area contributed by atoms with Crippen LogP contribution in [0.2, 0.25) is 0 Å². The zero-order valence-corrected chi connectivity index (χ0v) is 38.8. The normalized spacial score (nSPS) is 21.0. The number of benzene rings is 6. The topological polar surface area (TPSA) is 180 Å². The van der Waals surface area contributed by atoms with E-state index in [1.807, 2.05) is 48.5 Å². The first kappa shape index (κ1) is 48.6. The van der Waals surface area contributed by atoms with Crippen LogP contribution in [-0.2, 0) is 42.7 Å². The van der Waals surface area contributed by atoms with Gasteiger partial charge in [0.05, 0.1) is 34.9 Å². The number of esters is 5. The first-order chi connectivity index (χ1) is 35.2. The number of carbonyl (C=O) groups excluding carboxylic acids is 6. The number of rotatable bonds is 16. The maximum atomic E-state index is 14.3. The first-order valence-corrected chi connectivity index (χ1v) is 23.4. The summed E-state index contributed by atoms with van der Waals surface area (Å²) >= 11 is 0. The lowest BCUT2D eigenvalue weighted by molar-refractivity contribution is -0.307. The van der Waals surface area contributed by atoms with Gasteiger partial charge in [-0.15, -0.1) is 0 Å². The number of carbonyl (C=O) groups is 6. The molecule has 15 nitrogen and oxygen atoms in total. The van der Waals surface area contributed by atoms with Crippen molar-refractivity contribution in [3.8, 4) is 11.1 Å².